The lowest BCUT2D eigenvalue weighted by Gasteiger charge is -2.58. The van der Waals surface area contributed by atoms with Gasteiger partial charge in [0.25, 0.3) is 0 Å². The first-order valence-corrected chi connectivity index (χ1v) is 13.2. The van der Waals surface area contributed by atoms with Gasteiger partial charge < -0.3 is 5.11 Å². The Balaban J connectivity index is 1.44. The predicted molar refractivity (Wildman–Crippen MR) is 118 cm³/mol. The highest BCUT2D eigenvalue weighted by Crippen LogP contribution is 2.66. The SMILES string of the molecule is CSCCCCC[C@H]1CCC2C3CC=C4CC(O)CCC4(C)C3CCC21C. The largest absolute Gasteiger partial charge is 0.393 e. The summed E-state index contributed by atoms with van der Waals surface area (Å²) in [6.45, 7) is 5.24. The van der Waals surface area contributed by atoms with Gasteiger partial charge in [-0.2, -0.15) is 11.8 Å². The molecule has 0 aromatic carbocycles. The highest BCUT2D eigenvalue weighted by Gasteiger charge is 2.58. The minimum absolute atomic E-state index is 0.0725. The average molecular weight is 391 g/mol. The van der Waals surface area contributed by atoms with Gasteiger partial charge in [-0.05, 0) is 111 Å². The number of aliphatic hydroxyl groups is 1. The number of unbranched alkanes of at least 4 members (excludes halogenated alkanes) is 2. The minimum atomic E-state index is -0.0725. The molecule has 4 aliphatic carbocycles. The van der Waals surface area contributed by atoms with Gasteiger partial charge in [-0.25, -0.2) is 0 Å². The summed E-state index contributed by atoms with van der Waals surface area (Å²) in [6, 6.07) is 0. The molecule has 4 aliphatic rings. The van der Waals surface area contributed by atoms with Crippen LogP contribution in [0.1, 0.15) is 90.9 Å². The van der Waals surface area contributed by atoms with Crippen molar-refractivity contribution in [3.05, 3.63) is 11.6 Å². The summed E-state index contributed by atoms with van der Waals surface area (Å²) in [5, 5.41) is 10.2. The molecule has 154 valence electrons. The molecule has 0 aromatic rings. The number of hydrogen-bond acceptors (Lipinski definition) is 2. The molecule has 4 rings (SSSR count). The first-order chi connectivity index (χ1) is 13.0. The Morgan fingerprint density at radius 2 is 1.89 bits per heavy atom. The lowest BCUT2D eigenvalue weighted by Crippen LogP contribution is -2.50. The van der Waals surface area contributed by atoms with Crippen LogP contribution in [0.25, 0.3) is 0 Å². The zero-order valence-electron chi connectivity index (χ0n) is 18.0. The lowest BCUT2D eigenvalue weighted by molar-refractivity contribution is -0.0508. The van der Waals surface area contributed by atoms with E-state index in [1.807, 2.05) is 11.8 Å². The summed E-state index contributed by atoms with van der Waals surface area (Å²) in [7, 11) is 0. The maximum absolute atomic E-state index is 10.2. The van der Waals surface area contributed by atoms with Crippen LogP contribution in [-0.4, -0.2) is 23.2 Å². The van der Waals surface area contributed by atoms with Gasteiger partial charge in [0.2, 0.25) is 0 Å². The zero-order valence-corrected chi connectivity index (χ0v) is 18.8. The third-order valence-corrected chi connectivity index (χ3v) is 10.4. The highest BCUT2D eigenvalue weighted by molar-refractivity contribution is 7.98. The quantitative estimate of drug-likeness (QED) is 0.395. The van der Waals surface area contributed by atoms with Crippen molar-refractivity contribution in [3.63, 3.8) is 0 Å². The third-order valence-electron chi connectivity index (χ3n) is 9.68. The van der Waals surface area contributed by atoms with E-state index in [1.165, 1.54) is 70.0 Å². The van der Waals surface area contributed by atoms with E-state index in [-0.39, 0.29) is 6.10 Å². The molecule has 0 amide bonds. The monoisotopic (exact) mass is 390 g/mol. The molecule has 6 unspecified atom stereocenters. The molecule has 2 heteroatoms. The molecule has 0 aliphatic heterocycles. The molecule has 3 saturated carbocycles. The van der Waals surface area contributed by atoms with E-state index >= 15 is 0 Å². The van der Waals surface area contributed by atoms with E-state index in [2.05, 4.69) is 26.2 Å². The number of rotatable bonds is 6. The average Bonchev–Trinajstić information content (AvgIpc) is 2.99. The van der Waals surface area contributed by atoms with Crippen LogP contribution in [-0.2, 0) is 0 Å². The molecule has 0 aromatic heterocycles. The fourth-order valence-electron chi connectivity index (χ4n) is 8.04. The van der Waals surface area contributed by atoms with Gasteiger partial charge in [0.15, 0.2) is 0 Å². The second kappa shape index (κ2) is 8.05. The maximum Gasteiger partial charge on any atom is 0.0577 e. The van der Waals surface area contributed by atoms with Gasteiger partial charge in [0.1, 0.15) is 0 Å². The molecule has 0 saturated heterocycles. The molecule has 0 bridgehead atoms. The van der Waals surface area contributed by atoms with Crippen LogP contribution in [0.5, 0.6) is 0 Å². The summed E-state index contributed by atoms with van der Waals surface area (Å²) in [4.78, 5) is 0. The van der Waals surface area contributed by atoms with E-state index in [4.69, 9.17) is 0 Å². The molecule has 7 atom stereocenters. The second-order valence-corrected chi connectivity index (χ2v) is 11.8. The van der Waals surface area contributed by atoms with Crippen molar-refractivity contribution in [2.24, 2.45) is 34.5 Å². The van der Waals surface area contributed by atoms with Crippen LogP contribution in [0, 0.1) is 34.5 Å². The van der Waals surface area contributed by atoms with Gasteiger partial charge in [0.05, 0.1) is 6.10 Å². The first-order valence-electron chi connectivity index (χ1n) is 11.9. The van der Waals surface area contributed by atoms with E-state index in [0.717, 1.165) is 36.5 Å². The normalized spacial score (nSPS) is 46.4. The van der Waals surface area contributed by atoms with Gasteiger partial charge in [0, 0.05) is 0 Å². The van der Waals surface area contributed by atoms with Crippen LogP contribution in [0.15, 0.2) is 11.6 Å². The van der Waals surface area contributed by atoms with Crippen LogP contribution in [0.4, 0.5) is 0 Å². The van der Waals surface area contributed by atoms with Gasteiger partial charge in [-0.1, -0.05) is 38.3 Å². The Morgan fingerprint density at radius 1 is 1.04 bits per heavy atom. The Morgan fingerprint density at radius 3 is 2.70 bits per heavy atom. The summed E-state index contributed by atoms with van der Waals surface area (Å²) in [5.41, 5.74) is 2.64. The van der Waals surface area contributed by atoms with Gasteiger partial charge in [-0.3, -0.25) is 0 Å². The van der Waals surface area contributed by atoms with E-state index < -0.39 is 0 Å². The Kier molecular flexibility index (Phi) is 6.06. The summed E-state index contributed by atoms with van der Waals surface area (Å²) >= 11 is 2.00. The van der Waals surface area contributed by atoms with Crippen LogP contribution in [0.3, 0.4) is 0 Å². The smallest absolute Gasteiger partial charge is 0.0577 e. The predicted octanol–water partition coefficient (Wildman–Crippen LogP) is 6.85. The molecule has 1 nitrogen and oxygen atoms in total. The molecular formula is C25H42OS. The zero-order chi connectivity index (χ0) is 19.1. The summed E-state index contributed by atoms with van der Waals surface area (Å²) in [6.07, 6.45) is 21.0. The van der Waals surface area contributed by atoms with Crippen molar-refractivity contribution in [2.75, 3.05) is 12.0 Å². The topological polar surface area (TPSA) is 20.2 Å². The van der Waals surface area contributed by atoms with Crippen LogP contribution >= 0.6 is 11.8 Å². The molecule has 0 spiro atoms. The van der Waals surface area contributed by atoms with Crippen LogP contribution < -0.4 is 0 Å². The third kappa shape index (κ3) is 3.56. The minimum Gasteiger partial charge on any atom is -0.393 e. The Hall–Kier alpha value is 0.0500. The maximum atomic E-state index is 10.2. The number of allylic oxidation sites excluding steroid dienone is 1. The highest BCUT2D eigenvalue weighted by atomic mass is 32.2. The molecule has 27 heavy (non-hydrogen) atoms. The molecule has 3 fully saturated rings. The Bertz CT molecular complexity index is 557. The van der Waals surface area contributed by atoms with Crippen molar-refractivity contribution in [3.8, 4) is 0 Å². The summed E-state index contributed by atoms with van der Waals surface area (Å²) in [5.74, 6) is 5.12. The molecule has 0 heterocycles. The van der Waals surface area contributed by atoms with Crippen molar-refractivity contribution in [1.29, 1.82) is 0 Å². The standard InChI is InChI=1S/C25H42OS/c1-24-15-13-23-21(10-8-19-17-20(26)12-14-25(19,23)2)22(24)11-9-18(24)7-5-4-6-16-27-3/h8,18,20-23,26H,4-7,9-17H2,1-3H3/t18-,20?,21?,22?,23?,24?,25?/m0/s1. The van der Waals surface area contributed by atoms with Gasteiger partial charge in [-0.15, -0.1) is 0 Å². The van der Waals surface area contributed by atoms with Crippen molar-refractivity contribution in [1.82, 2.24) is 0 Å². The fraction of sp³-hybridized carbons (Fsp3) is 0.920. The summed E-state index contributed by atoms with van der Waals surface area (Å²) < 4.78 is 0. The molecular weight excluding hydrogens is 348 g/mol. The number of aliphatic hydroxyl groups excluding tert-OH is 1. The number of fused-ring (bicyclic) bond motifs is 5. The van der Waals surface area contributed by atoms with E-state index in [1.54, 1.807) is 5.57 Å². The molecule has 1 N–H and O–H groups in total. The Labute approximate surface area is 172 Å². The van der Waals surface area contributed by atoms with E-state index in [0.29, 0.717) is 10.8 Å². The van der Waals surface area contributed by atoms with Crippen LogP contribution in [0.2, 0.25) is 0 Å². The van der Waals surface area contributed by atoms with Crippen molar-refractivity contribution >= 4 is 11.8 Å². The first kappa shape index (κ1) is 20.3. The fourth-order valence-corrected chi connectivity index (χ4v) is 8.53. The number of thioether (sulfide) groups is 1. The molecule has 0 radical (unpaired) electrons. The van der Waals surface area contributed by atoms with Crippen molar-refractivity contribution in [2.45, 2.75) is 97.0 Å². The van der Waals surface area contributed by atoms with Crippen molar-refractivity contribution < 1.29 is 5.11 Å². The lowest BCUT2D eigenvalue weighted by atomic mass is 9.47. The van der Waals surface area contributed by atoms with E-state index in [9.17, 15) is 5.11 Å². The second-order valence-electron chi connectivity index (χ2n) is 10.8. The van der Waals surface area contributed by atoms with Gasteiger partial charge >= 0.3 is 0 Å². The number of hydrogen-bond donors (Lipinski definition) is 1.